The van der Waals surface area contributed by atoms with E-state index in [1.807, 2.05) is 19.1 Å². The van der Waals surface area contributed by atoms with Crippen LogP contribution >= 0.6 is 0 Å². The highest BCUT2D eigenvalue weighted by atomic mass is 16.5. The Morgan fingerprint density at radius 1 is 1.15 bits per heavy atom. The zero-order chi connectivity index (χ0) is 14.6. The summed E-state index contributed by atoms with van der Waals surface area (Å²) in [5, 5.41) is 12.2. The van der Waals surface area contributed by atoms with Crippen LogP contribution in [0.3, 0.4) is 0 Å². The Morgan fingerprint density at radius 2 is 2.00 bits per heavy atom. The van der Waals surface area contributed by atoms with Crippen molar-refractivity contribution < 1.29 is 14.6 Å². The smallest absolute Gasteiger partial charge is 0.165 e. The standard InChI is InChI=1S/C16H27NO3/c1-3-10-17-13-14-8-7-9-15(19-4-2)16(14)20-12-6-5-11-18/h7-9,17-18H,3-6,10-13H2,1-2H3. The van der Waals surface area contributed by atoms with Gasteiger partial charge in [-0.15, -0.1) is 0 Å². The Hall–Kier alpha value is -1.26. The number of hydrogen-bond acceptors (Lipinski definition) is 4. The first-order valence-corrected chi connectivity index (χ1v) is 7.52. The van der Waals surface area contributed by atoms with Crippen molar-refractivity contribution in [2.45, 2.75) is 39.7 Å². The monoisotopic (exact) mass is 281 g/mol. The lowest BCUT2D eigenvalue weighted by Gasteiger charge is -2.16. The van der Waals surface area contributed by atoms with Gasteiger partial charge in [-0.3, -0.25) is 0 Å². The molecular formula is C16H27NO3. The van der Waals surface area contributed by atoms with Crippen LogP contribution in [0.4, 0.5) is 0 Å². The average molecular weight is 281 g/mol. The van der Waals surface area contributed by atoms with E-state index < -0.39 is 0 Å². The molecule has 20 heavy (non-hydrogen) atoms. The number of aliphatic hydroxyl groups is 1. The van der Waals surface area contributed by atoms with E-state index in [1.54, 1.807) is 0 Å². The zero-order valence-corrected chi connectivity index (χ0v) is 12.7. The molecule has 0 heterocycles. The zero-order valence-electron chi connectivity index (χ0n) is 12.7. The van der Waals surface area contributed by atoms with E-state index in [2.05, 4.69) is 18.3 Å². The van der Waals surface area contributed by atoms with Crippen LogP contribution < -0.4 is 14.8 Å². The summed E-state index contributed by atoms with van der Waals surface area (Å²) in [7, 11) is 0. The van der Waals surface area contributed by atoms with Crippen LogP contribution in [0.25, 0.3) is 0 Å². The Bertz CT molecular complexity index is 369. The van der Waals surface area contributed by atoms with Gasteiger partial charge in [-0.25, -0.2) is 0 Å². The van der Waals surface area contributed by atoms with Crippen molar-refractivity contribution in [1.29, 1.82) is 0 Å². The molecule has 4 nitrogen and oxygen atoms in total. The molecule has 1 rings (SSSR count). The summed E-state index contributed by atoms with van der Waals surface area (Å²) in [6.07, 6.45) is 2.72. The van der Waals surface area contributed by atoms with Gasteiger partial charge >= 0.3 is 0 Å². The molecule has 0 amide bonds. The van der Waals surface area contributed by atoms with Crippen molar-refractivity contribution in [3.63, 3.8) is 0 Å². The fraction of sp³-hybridized carbons (Fsp3) is 0.625. The third-order valence-electron chi connectivity index (χ3n) is 2.90. The fourth-order valence-electron chi connectivity index (χ4n) is 1.92. The van der Waals surface area contributed by atoms with E-state index in [4.69, 9.17) is 14.6 Å². The maximum absolute atomic E-state index is 8.81. The molecule has 4 heteroatoms. The largest absolute Gasteiger partial charge is 0.490 e. The number of para-hydroxylation sites is 1. The first-order valence-electron chi connectivity index (χ1n) is 7.52. The molecule has 0 aromatic heterocycles. The van der Waals surface area contributed by atoms with E-state index in [0.717, 1.165) is 49.4 Å². The van der Waals surface area contributed by atoms with Crippen LogP contribution in [-0.4, -0.2) is 31.5 Å². The maximum atomic E-state index is 8.81. The minimum atomic E-state index is 0.210. The summed E-state index contributed by atoms with van der Waals surface area (Å²) < 4.78 is 11.5. The van der Waals surface area contributed by atoms with Crippen molar-refractivity contribution >= 4 is 0 Å². The second-order valence-corrected chi connectivity index (χ2v) is 4.63. The predicted molar refractivity (Wildman–Crippen MR) is 81.4 cm³/mol. The van der Waals surface area contributed by atoms with Gasteiger partial charge in [0.15, 0.2) is 11.5 Å². The van der Waals surface area contributed by atoms with E-state index in [0.29, 0.717) is 13.2 Å². The van der Waals surface area contributed by atoms with Crippen molar-refractivity contribution in [1.82, 2.24) is 5.32 Å². The Labute approximate surface area is 122 Å². The number of benzene rings is 1. The topological polar surface area (TPSA) is 50.7 Å². The van der Waals surface area contributed by atoms with Crippen LogP contribution in [0.5, 0.6) is 11.5 Å². The van der Waals surface area contributed by atoms with Crippen molar-refractivity contribution in [3.05, 3.63) is 23.8 Å². The number of hydrogen-bond donors (Lipinski definition) is 2. The molecule has 0 aliphatic rings. The molecule has 0 saturated carbocycles. The lowest BCUT2D eigenvalue weighted by Crippen LogP contribution is -2.15. The molecule has 2 N–H and O–H groups in total. The molecule has 0 bridgehead atoms. The second-order valence-electron chi connectivity index (χ2n) is 4.63. The lowest BCUT2D eigenvalue weighted by atomic mass is 10.1. The molecule has 1 aromatic carbocycles. The van der Waals surface area contributed by atoms with E-state index >= 15 is 0 Å². The highest BCUT2D eigenvalue weighted by molar-refractivity contribution is 5.46. The van der Waals surface area contributed by atoms with Crippen molar-refractivity contribution in [2.24, 2.45) is 0 Å². The summed E-state index contributed by atoms with van der Waals surface area (Å²) >= 11 is 0. The third kappa shape index (κ3) is 5.80. The molecule has 114 valence electrons. The molecule has 0 aliphatic carbocycles. The van der Waals surface area contributed by atoms with Crippen LogP contribution in [-0.2, 0) is 6.54 Å². The number of ether oxygens (including phenoxy) is 2. The summed E-state index contributed by atoms with van der Waals surface area (Å²) in [5.41, 5.74) is 1.12. The average Bonchev–Trinajstić information content (AvgIpc) is 2.46. The molecular weight excluding hydrogens is 254 g/mol. The van der Waals surface area contributed by atoms with E-state index in [9.17, 15) is 0 Å². The second kappa shape index (κ2) is 10.5. The highest BCUT2D eigenvalue weighted by Gasteiger charge is 2.10. The first-order chi connectivity index (χ1) is 9.83. The third-order valence-corrected chi connectivity index (χ3v) is 2.90. The SMILES string of the molecule is CCCNCc1cccc(OCC)c1OCCCCO. The summed E-state index contributed by atoms with van der Waals surface area (Å²) in [6.45, 7) is 7.33. The Kier molecular flexibility index (Phi) is 8.83. The maximum Gasteiger partial charge on any atom is 0.165 e. The lowest BCUT2D eigenvalue weighted by molar-refractivity contribution is 0.241. The van der Waals surface area contributed by atoms with Gasteiger partial charge in [0.05, 0.1) is 13.2 Å². The van der Waals surface area contributed by atoms with Gasteiger partial charge in [-0.1, -0.05) is 19.1 Å². The number of aliphatic hydroxyl groups excluding tert-OH is 1. The van der Waals surface area contributed by atoms with Crippen LogP contribution in [0.15, 0.2) is 18.2 Å². The minimum absolute atomic E-state index is 0.210. The van der Waals surface area contributed by atoms with E-state index in [-0.39, 0.29) is 6.61 Å². The minimum Gasteiger partial charge on any atom is -0.490 e. The number of rotatable bonds is 11. The molecule has 0 saturated heterocycles. The van der Waals surface area contributed by atoms with Crippen molar-refractivity contribution in [3.8, 4) is 11.5 Å². The molecule has 0 radical (unpaired) electrons. The van der Waals surface area contributed by atoms with Gasteiger partial charge in [-0.05, 0) is 38.8 Å². The number of nitrogens with one attached hydrogen (secondary N) is 1. The molecule has 1 aromatic rings. The summed E-state index contributed by atoms with van der Waals surface area (Å²) in [6, 6.07) is 6.00. The van der Waals surface area contributed by atoms with E-state index in [1.165, 1.54) is 0 Å². The molecule has 0 unspecified atom stereocenters. The van der Waals surface area contributed by atoms with Crippen molar-refractivity contribution in [2.75, 3.05) is 26.4 Å². The first kappa shape index (κ1) is 16.8. The number of unbranched alkanes of at least 4 members (excludes halogenated alkanes) is 1. The predicted octanol–water partition coefficient (Wildman–Crippen LogP) is 2.74. The fourth-order valence-corrected chi connectivity index (χ4v) is 1.92. The van der Waals surface area contributed by atoms with Crippen LogP contribution in [0, 0.1) is 0 Å². The molecule has 0 spiro atoms. The Balaban J connectivity index is 2.71. The Morgan fingerprint density at radius 3 is 2.70 bits per heavy atom. The quantitative estimate of drug-likeness (QED) is 0.612. The molecule has 0 fully saturated rings. The highest BCUT2D eigenvalue weighted by Crippen LogP contribution is 2.31. The van der Waals surface area contributed by atoms with Crippen LogP contribution in [0.1, 0.15) is 38.7 Å². The molecule has 0 aliphatic heterocycles. The van der Waals surface area contributed by atoms with Gasteiger partial charge in [0.1, 0.15) is 0 Å². The van der Waals surface area contributed by atoms with Crippen LogP contribution in [0.2, 0.25) is 0 Å². The summed E-state index contributed by atoms with van der Waals surface area (Å²) in [4.78, 5) is 0. The van der Waals surface area contributed by atoms with Gasteiger partial charge in [0, 0.05) is 18.7 Å². The van der Waals surface area contributed by atoms with Gasteiger partial charge in [-0.2, -0.15) is 0 Å². The van der Waals surface area contributed by atoms with Gasteiger partial charge in [0.2, 0.25) is 0 Å². The van der Waals surface area contributed by atoms with Gasteiger partial charge in [0.25, 0.3) is 0 Å². The normalized spacial score (nSPS) is 10.6. The van der Waals surface area contributed by atoms with Gasteiger partial charge < -0.3 is 19.9 Å². The molecule has 0 atom stereocenters. The summed E-state index contributed by atoms with van der Waals surface area (Å²) in [5.74, 6) is 1.63.